The van der Waals surface area contributed by atoms with Crippen molar-refractivity contribution in [3.05, 3.63) is 83.6 Å². The maximum absolute atomic E-state index is 5.81. The molecule has 0 bridgehead atoms. The topological polar surface area (TPSA) is 77.0 Å². The first-order valence-electron chi connectivity index (χ1n) is 10.2. The number of ether oxygens (including phenoxy) is 3. The van der Waals surface area contributed by atoms with E-state index < -0.39 is 0 Å². The summed E-state index contributed by atoms with van der Waals surface area (Å²) in [4.78, 5) is 8.59. The van der Waals surface area contributed by atoms with Gasteiger partial charge in [0.25, 0.3) is 0 Å². The van der Waals surface area contributed by atoms with Crippen molar-refractivity contribution in [3.8, 4) is 17.4 Å². The number of aromatic nitrogens is 1. The van der Waals surface area contributed by atoms with Crippen molar-refractivity contribution < 1.29 is 14.2 Å². The minimum atomic E-state index is 0.293. The fraction of sp³-hybridized carbons (Fsp3) is 0.250. The average Bonchev–Trinajstić information content (AvgIpc) is 3.29. The first kappa shape index (κ1) is 20.5. The second-order valence-corrected chi connectivity index (χ2v) is 7.07. The molecule has 0 unspecified atom stereocenters. The minimum absolute atomic E-state index is 0.293. The molecule has 0 amide bonds. The third-order valence-electron chi connectivity index (χ3n) is 4.86. The van der Waals surface area contributed by atoms with E-state index in [4.69, 9.17) is 14.2 Å². The number of rotatable bonds is 8. The van der Waals surface area contributed by atoms with Gasteiger partial charge in [0.2, 0.25) is 12.7 Å². The summed E-state index contributed by atoms with van der Waals surface area (Å²) < 4.78 is 16.6. The number of benzene rings is 2. The first-order valence-corrected chi connectivity index (χ1v) is 10.2. The fourth-order valence-electron chi connectivity index (χ4n) is 3.20. The quantitative estimate of drug-likeness (QED) is 0.432. The number of nitrogens with zero attached hydrogens (tertiary/aromatic N) is 2. The number of guanidine groups is 1. The highest BCUT2D eigenvalue weighted by atomic mass is 16.7. The third kappa shape index (κ3) is 5.88. The Bertz CT molecular complexity index is 1020. The lowest BCUT2D eigenvalue weighted by atomic mass is 10.1. The predicted octanol–water partition coefficient (Wildman–Crippen LogP) is 3.30. The molecule has 0 aliphatic carbocycles. The van der Waals surface area contributed by atoms with E-state index in [1.54, 1.807) is 13.2 Å². The van der Waals surface area contributed by atoms with Crippen LogP contribution in [0.1, 0.15) is 16.7 Å². The Kier molecular flexibility index (Phi) is 6.85. The van der Waals surface area contributed by atoms with E-state index in [2.05, 4.69) is 26.7 Å². The Morgan fingerprint density at radius 3 is 2.71 bits per heavy atom. The van der Waals surface area contributed by atoms with Gasteiger partial charge in [-0.15, -0.1) is 0 Å². The maximum atomic E-state index is 5.81. The summed E-state index contributed by atoms with van der Waals surface area (Å²) in [5.74, 6) is 2.96. The maximum Gasteiger partial charge on any atom is 0.231 e. The SMILES string of the molecule is CN=C(NCCc1ccc2c(c1)OCO2)NCc1ccnc(OCc2ccccc2)c1. The number of nitrogens with one attached hydrogen (secondary N) is 2. The summed E-state index contributed by atoms with van der Waals surface area (Å²) in [6, 6.07) is 20.0. The van der Waals surface area contributed by atoms with E-state index >= 15 is 0 Å². The minimum Gasteiger partial charge on any atom is -0.473 e. The van der Waals surface area contributed by atoms with Gasteiger partial charge in [0.1, 0.15) is 6.61 Å². The second-order valence-electron chi connectivity index (χ2n) is 7.07. The van der Waals surface area contributed by atoms with Crippen LogP contribution in [0.4, 0.5) is 0 Å². The van der Waals surface area contributed by atoms with E-state index in [-0.39, 0.29) is 0 Å². The van der Waals surface area contributed by atoms with Crippen LogP contribution in [0.2, 0.25) is 0 Å². The van der Waals surface area contributed by atoms with Gasteiger partial charge in [0, 0.05) is 32.4 Å². The molecule has 2 heterocycles. The van der Waals surface area contributed by atoms with Gasteiger partial charge in [-0.05, 0) is 41.3 Å². The molecule has 2 aromatic carbocycles. The largest absolute Gasteiger partial charge is 0.473 e. The Hall–Kier alpha value is -3.74. The van der Waals surface area contributed by atoms with Crippen molar-refractivity contribution in [1.29, 1.82) is 0 Å². The van der Waals surface area contributed by atoms with Crippen molar-refractivity contribution in [3.63, 3.8) is 0 Å². The number of fused-ring (bicyclic) bond motifs is 1. The van der Waals surface area contributed by atoms with Gasteiger partial charge in [-0.1, -0.05) is 36.4 Å². The van der Waals surface area contributed by atoms with Gasteiger partial charge < -0.3 is 24.8 Å². The highest BCUT2D eigenvalue weighted by Crippen LogP contribution is 2.32. The van der Waals surface area contributed by atoms with Crippen molar-refractivity contribution in [2.24, 2.45) is 4.99 Å². The Morgan fingerprint density at radius 1 is 0.968 bits per heavy atom. The summed E-state index contributed by atoms with van der Waals surface area (Å²) in [5, 5.41) is 6.66. The molecule has 1 aliphatic rings. The molecule has 0 radical (unpaired) electrons. The Balaban J connectivity index is 1.23. The van der Waals surface area contributed by atoms with Gasteiger partial charge >= 0.3 is 0 Å². The van der Waals surface area contributed by atoms with Gasteiger partial charge in [-0.25, -0.2) is 4.98 Å². The summed E-state index contributed by atoms with van der Waals surface area (Å²) >= 11 is 0. The van der Waals surface area contributed by atoms with Crippen LogP contribution in [-0.2, 0) is 19.6 Å². The molecule has 7 nitrogen and oxygen atoms in total. The predicted molar refractivity (Wildman–Crippen MR) is 119 cm³/mol. The fourth-order valence-corrected chi connectivity index (χ4v) is 3.20. The summed E-state index contributed by atoms with van der Waals surface area (Å²) in [6.45, 7) is 2.16. The second kappa shape index (κ2) is 10.3. The molecule has 1 aliphatic heterocycles. The monoisotopic (exact) mass is 418 g/mol. The summed E-state index contributed by atoms with van der Waals surface area (Å²) in [6.07, 6.45) is 2.61. The molecule has 31 heavy (non-hydrogen) atoms. The zero-order valence-corrected chi connectivity index (χ0v) is 17.5. The van der Waals surface area contributed by atoms with Crippen LogP contribution in [0.3, 0.4) is 0 Å². The molecule has 160 valence electrons. The third-order valence-corrected chi connectivity index (χ3v) is 4.86. The molecule has 0 fully saturated rings. The van der Waals surface area contributed by atoms with Gasteiger partial charge in [0.05, 0.1) is 0 Å². The summed E-state index contributed by atoms with van der Waals surface area (Å²) in [5.41, 5.74) is 3.36. The Labute approximate surface area is 182 Å². The first-order chi connectivity index (χ1) is 15.3. The lowest BCUT2D eigenvalue weighted by molar-refractivity contribution is 0.174. The molecule has 2 N–H and O–H groups in total. The van der Waals surface area contributed by atoms with Crippen molar-refractivity contribution in [1.82, 2.24) is 15.6 Å². The lowest BCUT2D eigenvalue weighted by Crippen LogP contribution is -2.37. The zero-order chi connectivity index (χ0) is 21.3. The number of hydrogen-bond acceptors (Lipinski definition) is 5. The molecule has 0 atom stereocenters. The molecule has 3 aromatic rings. The number of pyridine rings is 1. The average molecular weight is 418 g/mol. The molecule has 0 spiro atoms. The zero-order valence-electron chi connectivity index (χ0n) is 17.5. The standard InChI is InChI=1S/C24H26N4O3/c1-25-24(27-12-9-18-7-8-21-22(13-18)31-17-30-21)28-15-20-10-11-26-23(14-20)29-16-19-5-3-2-4-6-19/h2-8,10-11,13-14H,9,12,15-17H2,1H3,(H2,25,27,28). The van der Waals surface area contributed by atoms with Gasteiger partial charge in [-0.3, -0.25) is 4.99 Å². The smallest absolute Gasteiger partial charge is 0.231 e. The van der Waals surface area contributed by atoms with E-state index in [1.165, 1.54) is 5.56 Å². The van der Waals surface area contributed by atoms with E-state index in [0.717, 1.165) is 41.6 Å². The number of aliphatic imine (C=N–C) groups is 1. The van der Waals surface area contributed by atoms with Crippen LogP contribution >= 0.6 is 0 Å². The highest BCUT2D eigenvalue weighted by molar-refractivity contribution is 5.79. The van der Waals surface area contributed by atoms with Crippen LogP contribution in [0, 0.1) is 0 Å². The normalized spacial score (nSPS) is 12.5. The van der Waals surface area contributed by atoms with Crippen LogP contribution in [-0.4, -0.2) is 31.3 Å². The molecule has 0 saturated heterocycles. The van der Waals surface area contributed by atoms with Crippen LogP contribution in [0.5, 0.6) is 17.4 Å². The molecule has 7 heteroatoms. The number of hydrogen-bond donors (Lipinski definition) is 2. The molecule has 0 saturated carbocycles. The van der Waals surface area contributed by atoms with E-state index in [9.17, 15) is 0 Å². The van der Waals surface area contributed by atoms with Crippen molar-refractivity contribution >= 4 is 5.96 Å². The van der Waals surface area contributed by atoms with Crippen molar-refractivity contribution in [2.45, 2.75) is 19.6 Å². The van der Waals surface area contributed by atoms with E-state index in [1.807, 2.05) is 54.6 Å². The van der Waals surface area contributed by atoms with Crippen LogP contribution in [0.25, 0.3) is 0 Å². The molecule has 4 rings (SSSR count). The van der Waals surface area contributed by atoms with Gasteiger partial charge in [-0.2, -0.15) is 0 Å². The van der Waals surface area contributed by atoms with Crippen LogP contribution < -0.4 is 24.8 Å². The van der Waals surface area contributed by atoms with E-state index in [0.29, 0.717) is 25.8 Å². The van der Waals surface area contributed by atoms with Crippen molar-refractivity contribution in [2.75, 3.05) is 20.4 Å². The summed E-state index contributed by atoms with van der Waals surface area (Å²) in [7, 11) is 1.76. The molecular weight excluding hydrogens is 392 g/mol. The van der Waals surface area contributed by atoms with Gasteiger partial charge in [0.15, 0.2) is 17.5 Å². The highest BCUT2D eigenvalue weighted by Gasteiger charge is 2.13. The lowest BCUT2D eigenvalue weighted by Gasteiger charge is -2.13. The Morgan fingerprint density at radius 2 is 1.84 bits per heavy atom. The molecular formula is C24H26N4O3. The molecule has 1 aromatic heterocycles. The van der Waals surface area contributed by atoms with Crippen LogP contribution in [0.15, 0.2) is 71.9 Å².